The molecule has 1 aromatic rings. The van der Waals surface area contributed by atoms with Crippen LogP contribution in [0.1, 0.15) is 5.56 Å². The molecule has 0 aliphatic rings. The standard InChI is InChI=1S/C9H10O3P/c1-11-9(12-2,13-10)8-6-4-3-5-7-8/h4-7H,1-2H3. The third-order valence-corrected chi connectivity index (χ3v) is 2.62. The molecule has 1 rings (SSSR count). The second kappa shape index (κ2) is 4.47. The van der Waals surface area contributed by atoms with Gasteiger partial charge in [-0.3, -0.25) is 4.57 Å². The van der Waals surface area contributed by atoms with Crippen LogP contribution in [0, 0.1) is 6.07 Å². The summed E-state index contributed by atoms with van der Waals surface area (Å²) < 4.78 is 21.0. The Kier molecular flexibility index (Phi) is 3.55. The molecule has 0 bridgehead atoms. The summed E-state index contributed by atoms with van der Waals surface area (Å²) in [6.45, 7) is 0. The summed E-state index contributed by atoms with van der Waals surface area (Å²) >= 11 is 0. The highest BCUT2D eigenvalue weighted by atomic mass is 31.1. The van der Waals surface area contributed by atoms with Crippen molar-refractivity contribution < 1.29 is 14.0 Å². The lowest BCUT2D eigenvalue weighted by molar-refractivity contribution is -0.144. The molecular weight excluding hydrogens is 187 g/mol. The molecule has 0 heterocycles. The summed E-state index contributed by atoms with van der Waals surface area (Å²) in [4.78, 5) is 0. The third kappa shape index (κ3) is 1.94. The van der Waals surface area contributed by atoms with Crippen LogP contribution in [0.2, 0.25) is 0 Å². The molecule has 0 N–H and O–H groups in total. The molecule has 0 saturated heterocycles. The van der Waals surface area contributed by atoms with Crippen molar-refractivity contribution in [3.8, 4) is 0 Å². The zero-order chi connectivity index (χ0) is 9.73. The van der Waals surface area contributed by atoms with Gasteiger partial charge in [-0.2, -0.15) is 0 Å². The Morgan fingerprint density at radius 3 is 2.23 bits per heavy atom. The molecule has 0 aliphatic carbocycles. The topological polar surface area (TPSA) is 35.5 Å². The van der Waals surface area contributed by atoms with Gasteiger partial charge in [-0.25, -0.2) is 0 Å². The summed E-state index contributed by atoms with van der Waals surface area (Å²) in [6.07, 6.45) is 0. The van der Waals surface area contributed by atoms with E-state index in [-0.39, 0.29) is 8.46 Å². The first-order chi connectivity index (χ1) is 6.29. The first-order valence-corrected chi connectivity index (χ1v) is 4.51. The van der Waals surface area contributed by atoms with E-state index in [1.54, 1.807) is 24.3 Å². The SMILES string of the molecule is COC(OC)(P=O)c1cc[c]cc1. The average Bonchev–Trinajstić information content (AvgIpc) is 2.23. The van der Waals surface area contributed by atoms with E-state index in [4.69, 9.17) is 9.47 Å². The van der Waals surface area contributed by atoms with Gasteiger partial charge in [0, 0.05) is 19.8 Å². The maximum Gasteiger partial charge on any atom is 0.278 e. The predicted octanol–water partition coefficient (Wildman–Crippen LogP) is 2.18. The van der Waals surface area contributed by atoms with Crippen LogP contribution in [0.3, 0.4) is 0 Å². The van der Waals surface area contributed by atoms with Crippen molar-refractivity contribution >= 4 is 8.46 Å². The van der Waals surface area contributed by atoms with Crippen LogP contribution in [0.4, 0.5) is 0 Å². The first-order valence-electron chi connectivity index (χ1n) is 3.70. The maximum absolute atomic E-state index is 10.9. The number of ether oxygens (including phenoxy) is 2. The van der Waals surface area contributed by atoms with E-state index >= 15 is 0 Å². The van der Waals surface area contributed by atoms with Crippen LogP contribution in [-0.4, -0.2) is 14.2 Å². The van der Waals surface area contributed by atoms with Gasteiger partial charge in [0.05, 0.1) is 0 Å². The van der Waals surface area contributed by atoms with Crippen molar-refractivity contribution in [2.24, 2.45) is 0 Å². The van der Waals surface area contributed by atoms with Gasteiger partial charge in [0.25, 0.3) is 5.53 Å². The molecule has 1 radical (unpaired) electrons. The largest absolute Gasteiger partial charge is 0.340 e. The van der Waals surface area contributed by atoms with Crippen LogP contribution in [0.25, 0.3) is 0 Å². The van der Waals surface area contributed by atoms with Crippen molar-refractivity contribution in [3.63, 3.8) is 0 Å². The zero-order valence-electron chi connectivity index (χ0n) is 7.48. The van der Waals surface area contributed by atoms with Gasteiger partial charge in [-0.05, 0) is 6.07 Å². The monoisotopic (exact) mass is 197 g/mol. The molecule has 69 valence electrons. The number of benzene rings is 1. The molecule has 0 spiro atoms. The second-order valence-corrected chi connectivity index (χ2v) is 3.14. The van der Waals surface area contributed by atoms with Crippen LogP contribution >= 0.6 is 8.46 Å². The van der Waals surface area contributed by atoms with Crippen molar-refractivity contribution in [2.45, 2.75) is 5.53 Å². The molecule has 0 amide bonds. The van der Waals surface area contributed by atoms with E-state index < -0.39 is 5.53 Å². The minimum Gasteiger partial charge on any atom is -0.340 e. The smallest absolute Gasteiger partial charge is 0.278 e. The van der Waals surface area contributed by atoms with Gasteiger partial charge in [0.2, 0.25) is 8.46 Å². The number of hydrogen-bond donors (Lipinski definition) is 0. The molecule has 1 aromatic carbocycles. The Hall–Kier alpha value is -0.760. The summed E-state index contributed by atoms with van der Waals surface area (Å²) in [5.41, 5.74) is -0.484. The Balaban J connectivity index is 3.08. The predicted molar refractivity (Wildman–Crippen MR) is 48.6 cm³/mol. The van der Waals surface area contributed by atoms with Crippen molar-refractivity contribution in [1.82, 2.24) is 0 Å². The highest BCUT2D eigenvalue weighted by Gasteiger charge is 2.32. The van der Waals surface area contributed by atoms with Gasteiger partial charge in [-0.1, -0.05) is 24.3 Å². The molecule has 0 aromatic heterocycles. The minimum atomic E-state index is -1.19. The van der Waals surface area contributed by atoms with Crippen molar-refractivity contribution in [1.29, 1.82) is 0 Å². The second-order valence-electron chi connectivity index (χ2n) is 2.37. The van der Waals surface area contributed by atoms with Crippen LogP contribution in [0.15, 0.2) is 24.3 Å². The lowest BCUT2D eigenvalue weighted by Crippen LogP contribution is -2.23. The summed E-state index contributed by atoms with van der Waals surface area (Å²) in [6, 6.07) is 9.79. The number of hydrogen-bond acceptors (Lipinski definition) is 3. The summed E-state index contributed by atoms with van der Waals surface area (Å²) in [7, 11) is 2.67. The van der Waals surface area contributed by atoms with E-state index in [9.17, 15) is 4.57 Å². The molecule has 0 atom stereocenters. The molecule has 0 unspecified atom stereocenters. The van der Waals surface area contributed by atoms with Crippen molar-refractivity contribution in [3.05, 3.63) is 35.9 Å². The molecule has 13 heavy (non-hydrogen) atoms. The Morgan fingerprint density at radius 2 is 1.85 bits per heavy atom. The van der Waals surface area contributed by atoms with Gasteiger partial charge < -0.3 is 9.47 Å². The molecule has 0 saturated carbocycles. The zero-order valence-corrected chi connectivity index (χ0v) is 8.38. The lowest BCUT2D eigenvalue weighted by Gasteiger charge is -2.23. The van der Waals surface area contributed by atoms with Crippen LogP contribution in [-0.2, 0) is 19.6 Å². The fourth-order valence-corrected chi connectivity index (χ4v) is 1.45. The molecular formula is C9H10O3P. The van der Waals surface area contributed by atoms with E-state index in [1.165, 1.54) is 14.2 Å². The third-order valence-electron chi connectivity index (χ3n) is 1.76. The quantitative estimate of drug-likeness (QED) is 0.548. The summed E-state index contributed by atoms with van der Waals surface area (Å²) in [5, 5.41) is 0. The number of rotatable bonds is 4. The van der Waals surface area contributed by atoms with E-state index in [1.807, 2.05) is 0 Å². The molecule has 0 fully saturated rings. The van der Waals surface area contributed by atoms with E-state index in [0.717, 1.165) is 0 Å². The van der Waals surface area contributed by atoms with Gasteiger partial charge in [-0.15, -0.1) is 0 Å². The maximum atomic E-state index is 10.9. The highest BCUT2D eigenvalue weighted by molar-refractivity contribution is 7.24. The number of methoxy groups -OCH3 is 2. The summed E-state index contributed by atoms with van der Waals surface area (Å²) in [5.74, 6) is 0. The average molecular weight is 197 g/mol. The Labute approximate surface area is 78.9 Å². The first kappa shape index (κ1) is 10.3. The molecule has 0 aliphatic heterocycles. The Bertz CT molecular complexity index is 269. The van der Waals surface area contributed by atoms with Gasteiger partial charge >= 0.3 is 0 Å². The lowest BCUT2D eigenvalue weighted by atomic mass is 10.2. The molecule has 3 nitrogen and oxygen atoms in total. The van der Waals surface area contributed by atoms with Crippen molar-refractivity contribution in [2.75, 3.05) is 14.2 Å². The fraction of sp³-hybridized carbons (Fsp3) is 0.333. The fourth-order valence-electron chi connectivity index (χ4n) is 1.04. The van der Waals surface area contributed by atoms with Crippen LogP contribution < -0.4 is 0 Å². The normalized spacial score (nSPS) is 11.8. The van der Waals surface area contributed by atoms with Gasteiger partial charge in [0.1, 0.15) is 0 Å². The molecule has 4 heteroatoms. The van der Waals surface area contributed by atoms with Crippen LogP contribution in [0.5, 0.6) is 0 Å². The van der Waals surface area contributed by atoms with E-state index in [0.29, 0.717) is 5.56 Å². The Morgan fingerprint density at radius 1 is 1.31 bits per heavy atom. The van der Waals surface area contributed by atoms with E-state index in [2.05, 4.69) is 6.07 Å². The minimum absolute atomic E-state index is 0.225. The highest BCUT2D eigenvalue weighted by Crippen LogP contribution is 2.36. The van der Waals surface area contributed by atoms with Gasteiger partial charge in [0.15, 0.2) is 0 Å².